The highest BCUT2D eigenvalue weighted by Gasteiger charge is 2.17. The fraction of sp³-hybridized carbons (Fsp3) is 0.333. The Kier molecular flexibility index (Phi) is 3.15. The average molecular weight is 231 g/mol. The van der Waals surface area contributed by atoms with Gasteiger partial charge >= 0.3 is 5.97 Å². The molecule has 0 saturated carbocycles. The van der Waals surface area contributed by atoms with Crippen LogP contribution in [0.3, 0.4) is 0 Å². The lowest BCUT2D eigenvalue weighted by Gasteiger charge is -2.22. The van der Waals surface area contributed by atoms with Crippen molar-refractivity contribution in [3.8, 4) is 6.07 Å². The molecule has 0 radical (unpaired) electrons. The second kappa shape index (κ2) is 4.74. The molecule has 88 valence electrons. The van der Waals surface area contributed by atoms with Crippen LogP contribution < -0.4 is 10.2 Å². The van der Waals surface area contributed by atoms with Gasteiger partial charge in [0.05, 0.1) is 23.0 Å². The molecule has 17 heavy (non-hydrogen) atoms. The summed E-state index contributed by atoms with van der Waals surface area (Å²) in [4.78, 5) is 12.6. The smallest absolute Gasteiger partial charge is 0.323 e. The fourth-order valence-electron chi connectivity index (χ4n) is 1.95. The van der Waals surface area contributed by atoms with Crippen LogP contribution in [0.25, 0.3) is 0 Å². The van der Waals surface area contributed by atoms with Crippen molar-refractivity contribution in [3.05, 3.63) is 23.8 Å². The summed E-state index contributed by atoms with van der Waals surface area (Å²) < 4.78 is 0. The monoisotopic (exact) mass is 231 g/mol. The van der Waals surface area contributed by atoms with Gasteiger partial charge in [0.2, 0.25) is 0 Å². The topological polar surface area (TPSA) is 76.4 Å². The van der Waals surface area contributed by atoms with Gasteiger partial charge < -0.3 is 15.3 Å². The minimum Gasteiger partial charge on any atom is -0.480 e. The van der Waals surface area contributed by atoms with Crippen molar-refractivity contribution in [2.45, 2.75) is 6.42 Å². The lowest BCUT2D eigenvalue weighted by atomic mass is 10.1. The minimum absolute atomic E-state index is 0.0381. The molecule has 1 heterocycles. The number of hydrogen-bond acceptors (Lipinski definition) is 4. The first-order valence-electron chi connectivity index (χ1n) is 5.45. The summed E-state index contributed by atoms with van der Waals surface area (Å²) in [6.07, 6.45) is 0.879. The van der Waals surface area contributed by atoms with Crippen molar-refractivity contribution < 1.29 is 9.90 Å². The van der Waals surface area contributed by atoms with E-state index < -0.39 is 5.97 Å². The zero-order chi connectivity index (χ0) is 12.3. The molecule has 1 aromatic rings. The van der Waals surface area contributed by atoms with E-state index in [2.05, 4.69) is 11.4 Å². The lowest BCUT2D eigenvalue weighted by Crippen LogP contribution is -2.30. The number of hydrogen-bond donors (Lipinski definition) is 2. The summed E-state index contributed by atoms with van der Waals surface area (Å²) in [5, 5.41) is 21.0. The lowest BCUT2D eigenvalue weighted by molar-refractivity contribution is -0.135. The zero-order valence-electron chi connectivity index (χ0n) is 9.31. The highest BCUT2D eigenvalue weighted by Crippen LogP contribution is 2.29. The van der Waals surface area contributed by atoms with Gasteiger partial charge in [0.25, 0.3) is 0 Å². The molecule has 2 rings (SSSR count). The van der Waals surface area contributed by atoms with Gasteiger partial charge in [0, 0.05) is 13.1 Å². The molecule has 5 heteroatoms. The van der Waals surface area contributed by atoms with E-state index in [0.717, 1.165) is 24.3 Å². The molecule has 5 nitrogen and oxygen atoms in total. The molecule has 0 saturated heterocycles. The summed E-state index contributed by atoms with van der Waals surface area (Å²) in [5.74, 6) is -0.861. The summed E-state index contributed by atoms with van der Waals surface area (Å²) in [6.45, 7) is 1.46. The van der Waals surface area contributed by atoms with Gasteiger partial charge in [-0.2, -0.15) is 5.26 Å². The molecule has 0 aliphatic carbocycles. The molecule has 1 aliphatic heterocycles. The predicted octanol–water partition coefficient (Wildman–Crippen LogP) is 1.26. The van der Waals surface area contributed by atoms with Gasteiger partial charge in [-0.05, 0) is 24.6 Å². The summed E-state index contributed by atoms with van der Waals surface area (Å²) in [5.41, 5.74) is 2.23. The Balaban J connectivity index is 2.38. The molecular formula is C12H13N3O2. The first-order chi connectivity index (χ1) is 8.20. The van der Waals surface area contributed by atoms with Gasteiger partial charge in [-0.15, -0.1) is 0 Å². The first kappa shape index (κ1) is 11.3. The number of nitrogens with zero attached hydrogens (tertiary/aromatic N) is 2. The van der Waals surface area contributed by atoms with Crippen LogP contribution in [0, 0.1) is 11.3 Å². The Labute approximate surface area is 99.3 Å². The number of aliphatic carboxylic acids is 1. The van der Waals surface area contributed by atoms with Crippen LogP contribution in [-0.2, 0) is 4.79 Å². The van der Waals surface area contributed by atoms with Gasteiger partial charge in [0.1, 0.15) is 6.54 Å². The third kappa shape index (κ3) is 2.48. The number of benzene rings is 1. The molecular weight excluding hydrogens is 218 g/mol. The quantitative estimate of drug-likeness (QED) is 0.801. The molecule has 0 fully saturated rings. The number of carboxylic acid groups (broad SMARTS) is 1. The molecule has 2 N–H and O–H groups in total. The van der Waals surface area contributed by atoms with E-state index in [0.29, 0.717) is 12.1 Å². The Morgan fingerprint density at radius 3 is 3.12 bits per heavy atom. The first-order valence-corrected chi connectivity index (χ1v) is 5.45. The summed E-state index contributed by atoms with van der Waals surface area (Å²) in [6, 6.07) is 7.36. The third-order valence-electron chi connectivity index (χ3n) is 2.71. The predicted molar refractivity (Wildman–Crippen MR) is 64.1 cm³/mol. The van der Waals surface area contributed by atoms with Gasteiger partial charge in [0.15, 0.2) is 0 Å². The highest BCUT2D eigenvalue weighted by molar-refractivity contribution is 5.79. The van der Waals surface area contributed by atoms with Crippen LogP contribution in [-0.4, -0.2) is 30.7 Å². The number of nitriles is 1. The average Bonchev–Trinajstić information content (AvgIpc) is 2.51. The molecule has 0 unspecified atom stereocenters. The Bertz CT molecular complexity index is 479. The number of anilines is 2. The maximum Gasteiger partial charge on any atom is 0.323 e. The van der Waals surface area contributed by atoms with Crippen LogP contribution in [0.4, 0.5) is 11.4 Å². The van der Waals surface area contributed by atoms with Gasteiger partial charge in [-0.1, -0.05) is 0 Å². The van der Waals surface area contributed by atoms with Gasteiger partial charge in [-0.3, -0.25) is 4.79 Å². The second-order valence-electron chi connectivity index (χ2n) is 3.94. The molecule has 1 aliphatic rings. The molecule has 0 spiro atoms. The van der Waals surface area contributed by atoms with Crippen LogP contribution in [0.1, 0.15) is 12.0 Å². The van der Waals surface area contributed by atoms with E-state index in [4.69, 9.17) is 10.4 Å². The van der Waals surface area contributed by atoms with Crippen molar-refractivity contribution in [1.29, 1.82) is 5.26 Å². The van der Waals surface area contributed by atoms with E-state index in [1.165, 1.54) is 0 Å². The van der Waals surface area contributed by atoms with Crippen molar-refractivity contribution >= 4 is 17.3 Å². The van der Waals surface area contributed by atoms with Crippen LogP contribution in [0.5, 0.6) is 0 Å². The zero-order valence-corrected chi connectivity index (χ0v) is 9.31. The van der Waals surface area contributed by atoms with Gasteiger partial charge in [-0.25, -0.2) is 0 Å². The number of carbonyl (C=O) groups is 1. The summed E-state index contributed by atoms with van der Waals surface area (Å²) >= 11 is 0. The molecule has 0 amide bonds. The molecule has 0 bridgehead atoms. The van der Waals surface area contributed by atoms with E-state index >= 15 is 0 Å². The fourth-order valence-corrected chi connectivity index (χ4v) is 1.95. The Morgan fingerprint density at radius 2 is 2.41 bits per heavy atom. The number of nitrogens with one attached hydrogen (secondary N) is 1. The van der Waals surface area contributed by atoms with Crippen LogP contribution >= 0.6 is 0 Å². The minimum atomic E-state index is -0.861. The second-order valence-corrected chi connectivity index (χ2v) is 3.94. The van der Waals surface area contributed by atoms with E-state index in [-0.39, 0.29) is 6.54 Å². The summed E-state index contributed by atoms with van der Waals surface area (Å²) in [7, 11) is 0. The van der Waals surface area contributed by atoms with Crippen molar-refractivity contribution in [3.63, 3.8) is 0 Å². The van der Waals surface area contributed by atoms with Crippen LogP contribution in [0.15, 0.2) is 18.2 Å². The van der Waals surface area contributed by atoms with Crippen LogP contribution in [0.2, 0.25) is 0 Å². The largest absolute Gasteiger partial charge is 0.480 e. The third-order valence-corrected chi connectivity index (χ3v) is 2.71. The maximum absolute atomic E-state index is 10.8. The normalized spacial score (nSPS) is 14.2. The van der Waals surface area contributed by atoms with E-state index in [1.807, 2.05) is 6.07 Å². The highest BCUT2D eigenvalue weighted by atomic mass is 16.4. The van der Waals surface area contributed by atoms with Crippen molar-refractivity contribution in [1.82, 2.24) is 0 Å². The Morgan fingerprint density at radius 1 is 1.59 bits per heavy atom. The Hall–Kier alpha value is -2.22. The standard InChI is InChI=1S/C12H13N3O2/c13-7-9-2-3-10-11(6-9)15(8-12(16)17)5-1-4-14-10/h2-3,6,14H,1,4-5,8H2,(H,16,17). The van der Waals surface area contributed by atoms with E-state index in [1.54, 1.807) is 17.0 Å². The molecule has 0 atom stereocenters. The SMILES string of the molecule is N#Cc1ccc2c(c1)N(CC(=O)O)CCCN2. The van der Waals surface area contributed by atoms with Crippen molar-refractivity contribution in [2.75, 3.05) is 29.9 Å². The number of fused-ring (bicyclic) bond motifs is 1. The van der Waals surface area contributed by atoms with E-state index in [9.17, 15) is 4.79 Å². The number of rotatable bonds is 2. The van der Waals surface area contributed by atoms with Crippen molar-refractivity contribution in [2.24, 2.45) is 0 Å². The number of carboxylic acids is 1. The molecule has 0 aromatic heterocycles. The maximum atomic E-state index is 10.8. The molecule has 1 aromatic carbocycles.